The van der Waals surface area contributed by atoms with Crippen LogP contribution in [-0.2, 0) is 14.8 Å². The van der Waals surface area contributed by atoms with Gasteiger partial charge in [0.05, 0.1) is 5.92 Å². The molecule has 2 atom stereocenters. The van der Waals surface area contributed by atoms with Gasteiger partial charge in [-0.1, -0.05) is 30.3 Å². The molecule has 6 heteroatoms. The molecule has 114 valence electrons. The summed E-state index contributed by atoms with van der Waals surface area (Å²) in [6, 6.07) is 8.90. The Bertz CT molecular complexity index is 624. The first-order valence-electron chi connectivity index (χ1n) is 6.88. The molecule has 0 radical (unpaired) electrons. The smallest absolute Gasteiger partial charge is 0.306 e. The van der Waals surface area contributed by atoms with E-state index in [1.807, 2.05) is 30.3 Å². The highest BCUT2D eigenvalue weighted by atomic mass is 32.2. The lowest BCUT2D eigenvalue weighted by molar-refractivity contribution is -0.143. The molecule has 1 aromatic carbocycles. The number of hydrogen-bond acceptors (Lipinski definition) is 3. The van der Waals surface area contributed by atoms with E-state index in [4.69, 9.17) is 5.11 Å². The number of benzene rings is 1. The van der Waals surface area contributed by atoms with Crippen LogP contribution in [0, 0.1) is 5.92 Å². The summed E-state index contributed by atoms with van der Waals surface area (Å²) in [6.07, 6.45) is 2.27. The molecule has 1 aromatic rings. The standard InChI is InChI=1S/C15H19NO4S/c1-12-11-14(15(17)18)7-9-16(12)21(19,20)10-8-13-5-3-2-4-6-13/h2-6,8,10,12,14H,7,9,11H2,1H3,(H,17,18)/b10-8+. The van der Waals surface area contributed by atoms with E-state index in [-0.39, 0.29) is 12.6 Å². The van der Waals surface area contributed by atoms with Crippen molar-refractivity contribution >= 4 is 22.1 Å². The molecule has 1 aliphatic heterocycles. The van der Waals surface area contributed by atoms with Gasteiger partial charge in [0, 0.05) is 18.0 Å². The molecular weight excluding hydrogens is 290 g/mol. The van der Waals surface area contributed by atoms with Crippen LogP contribution in [0.15, 0.2) is 35.7 Å². The van der Waals surface area contributed by atoms with Crippen molar-refractivity contribution in [3.8, 4) is 0 Å². The van der Waals surface area contributed by atoms with Crippen LogP contribution in [0.25, 0.3) is 6.08 Å². The number of nitrogens with zero attached hydrogens (tertiary/aromatic N) is 1. The molecule has 1 heterocycles. The predicted octanol–water partition coefficient (Wildman–Crippen LogP) is 2.17. The topological polar surface area (TPSA) is 74.7 Å². The second-order valence-corrected chi connectivity index (χ2v) is 7.05. The predicted molar refractivity (Wildman–Crippen MR) is 80.9 cm³/mol. The number of sulfonamides is 1. The lowest BCUT2D eigenvalue weighted by atomic mass is 9.93. The average Bonchev–Trinajstić information content (AvgIpc) is 2.46. The third-order valence-corrected chi connectivity index (χ3v) is 5.40. The maximum atomic E-state index is 12.3. The number of carboxylic acid groups (broad SMARTS) is 1. The fourth-order valence-corrected chi connectivity index (χ4v) is 3.99. The molecule has 0 bridgehead atoms. The zero-order chi connectivity index (χ0) is 15.5. The zero-order valence-electron chi connectivity index (χ0n) is 11.8. The second kappa shape index (κ2) is 6.41. The van der Waals surface area contributed by atoms with E-state index >= 15 is 0 Å². The molecule has 0 aromatic heterocycles. The Hall–Kier alpha value is -1.66. The largest absolute Gasteiger partial charge is 0.481 e. The third-order valence-electron chi connectivity index (χ3n) is 3.72. The molecule has 2 unspecified atom stereocenters. The summed E-state index contributed by atoms with van der Waals surface area (Å²) >= 11 is 0. The Labute approximate surface area is 124 Å². The molecule has 5 nitrogen and oxygen atoms in total. The van der Waals surface area contributed by atoms with Crippen LogP contribution in [0.4, 0.5) is 0 Å². The second-order valence-electron chi connectivity index (χ2n) is 5.28. The maximum Gasteiger partial charge on any atom is 0.306 e. The van der Waals surface area contributed by atoms with Gasteiger partial charge in [-0.3, -0.25) is 4.79 Å². The van der Waals surface area contributed by atoms with Crippen LogP contribution in [-0.4, -0.2) is 36.4 Å². The Morgan fingerprint density at radius 3 is 2.57 bits per heavy atom. The summed E-state index contributed by atoms with van der Waals surface area (Å²) in [5.41, 5.74) is 0.814. The van der Waals surface area contributed by atoms with Gasteiger partial charge in [0.25, 0.3) is 0 Å². The molecule has 21 heavy (non-hydrogen) atoms. The van der Waals surface area contributed by atoms with E-state index in [9.17, 15) is 13.2 Å². The van der Waals surface area contributed by atoms with Crippen molar-refractivity contribution in [1.82, 2.24) is 4.31 Å². The van der Waals surface area contributed by atoms with E-state index in [2.05, 4.69) is 0 Å². The Morgan fingerprint density at radius 1 is 1.33 bits per heavy atom. The fourth-order valence-electron chi connectivity index (χ4n) is 2.56. The van der Waals surface area contributed by atoms with Crippen LogP contribution in [0.3, 0.4) is 0 Å². The molecule has 1 saturated heterocycles. The van der Waals surface area contributed by atoms with Crippen molar-refractivity contribution in [2.75, 3.05) is 6.54 Å². The number of carbonyl (C=O) groups is 1. The maximum absolute atomic E-state index is 12.3. The summed E-state index contributed by atoms with van der Waals surface area (Å²) in [5, 5.41) is 10.2. The van der Waals surface area contributed by atoms with Crippen LogP contribution in [0.5, 0.6) is 0 Å². The number of carboxylic acids is 1. The van der Waals surface area contributed by atoms with E-state index < -0.39 is 21.9 Å². The third kappa shape index (κ3) is 3.92. The molecular formula is C15H19NO4S. The average molecular weight is 309 g/mol. The van der Waals surface area contributed by atoms with Gasteiger partial charge in [-0.15, -0.1) is 0 Å². The number of piperidine rings is 1. The molecule has 1 fully saturated rings. The summed E-state index contributed by atoms with van der Waals surface area (Å²) in [7, 11) is -3.52. The molecule has 0 aliphatic carbocycles. The van der Waals surface area contributed by atoms with Gasteiger partial charge < -0.3 is 5.11 Å². The van der Waals surface area contributed by atoms with E-state index in [0.29, 0.717) is 12.8 Å². The van der Waals surface area contributed by atoms with Gasteiger partial charge in [-0.05, 0) is 31.4 Å². The number of rotatable bonds is 4. The first-order chi connectivity index (χ1) is 9.90. The minimum atomic E-state index is -3.52. The highest BCUT2D eigenvalue weighted by Gasteiger charge is 2.34. The Kier molecular flexibility index (Phi) is 4.80. The van der Waals surface area contributed by atoms with Gasteiger partial charge in [0.1, 0.15) is 0 Å². The van der Waals surface area contributed by atoms with E-state index in [1.165, 1.54) is 9.71 Å². The van der Waals surface area contributed by atoms with Crippen LogP contribution >= 0.6 is 0 Å². The van der Waals surface area contributed by atoms with Gasteiger partial charge in [-0.2, -0.15) is 4.31 Å². The molecule has 1 aliphatic rings. The summed E-state index contributed by atoms with van der Waals surface area (Å²) in [6.45, 7) is 2.00. The van der Waals surface area contributed by atoms with Crippen molar-refractivity contribution in [2.45, 2.75) is 25.8 Å². The Balaban J connectivity index is 2.10. The van der Waals surface area contributed by atoms with E-state index in [0.717, 1.165) is 5.56 Å². The van der Waals surface area contributed by atoms with Crippen molar-refractivity contribution in [3.05, 3.63) is 41.3 Å². The van der Waals surface area contributed by atoms with Crippen LogP contribution in [0.1, 0.15) is 25.3 Å². The zero-order valence-corrected chi connectivity index (χ0v) is 12.7. The van der Waals surface area contributed by atoms with E-state index in [1.54, 1.807) is 13.0 Å². The SMILES string of the molecule is CC1CC(C(=O)O)CCN1S(=O)(=O)/C=C/c1ccccc1. The lowest BCUT2D eigenvalue weighted by Gasteiger charge is -2.34. The number of hydrogen-bond donors (Lipinski definition) is 1. The highest BCUT2D eigenvalue weighted by molar-refractivity contribution is 7.92. The molecule has 1 N–H and O–H groups in total. The summed E-state index contributed by atoms with van der Waals surface area (Å²) in [4.78, 5) is 11.0. The summed E-state index contributed by atoms with van der Waals surface area (Å²) in [5.74, 6) is -1.30. The van der Waals surface area contributed by atoms with Crippen molar-refractivity contribution in [1.29, 1.82) is 0 Å². The molecule has 0 saturated carbocycles. The summed E-state index contributed by atoms with van der Waals surface area (Å²) < 4.78 is 26.1. The van der Waals surface area contributed by atoms with Crippen LogP contribution < -0.4 is 0 Å². The van der Waals surface area contributed by atoms with Gasteiger partial charge >= 0.3 is 5.97 Å². The van der Waals surface area contributed by atoms with Gasteiger partial charge in [-0.25, -0.2) is 8.42 Å². The molecule has 0 spiro atoms. The first-order valence-corrected chi connectivity index (χ1v) is 8.38. The normalized spacial score (nSPS) is 24.2. The van der Waals surface area contributed by atoms with Gasteiger partial charge in [0.15, 0.2) is 0 Å². The first kappa shape index (κ1) is 15.7. The lowest BCUT2D eigenvalue weighted by Crippen LogP contribution is -2.45. The minimum absolute atomic E-state index is 0.250. The number of aliphatic carboxylic acids is 1. The monoisotopic (exact) mass is 309 g/mol. The van der Waals surface area contributed by atoms with Crippen molar-refractivity contribution in [2.24, 2.45) is 5.92 Å². The Morgan fingerprint density at radius 2 is 2.00 bits per heavy atom. The highest BCUT2D eigenvalue weighted by Crippen LogP contribution is 2.26. The minimum Gasteiger partial charge on any atom is -0.481 e. The van der Waals surface area contributed by atoms with Crippen LogP contribution in [0.2, 0.25) is 0 Å². The van der Waals surface area contributed by atoms with Gasteiger partial charge in [0.2, 0.25) is 10.0 Å². The van der Waals surface area contributed by atoms with Crippen molar-refractivity contribution in [3.63, 3.8) is 0 Å². The van der Waals surface area contributed by atoms with Crippen molar-refractivity contribution < 1.29 is 18.3 Å². The molecule has 0 amide bonds. The fraction of sp³-hybridized carbons (Fsp3) is 0.400. The quantitative estimate of drug-likeness (QED) is 0.925. The molecule has 2 rings (SSSR count).